The zero-order chi connectivity index (χ0) is 20.7. The number of anilines is 1. The molecule has 150 valence electrons. The van der Waals surface area contributed by atoms with Crippen LogP contribution in [0, 0.1) is 13.8 Å². The number of carbonyl (C=O) groups is 3. The standard InChI is InChI=1S/C17H21N5O3S3/c1-9-5-4-6-10(2)14(9)20-13(24)7-19-15(25)11(3)27-17-22-21-16(28-17)26-8-12(18)23/h4-6,11H,7-8H2,1-3H3,(H2,18,23)(H,19,25)(H,20,24). The second-order valence-electron chi connectivity index (χ2n) is 5.88. The van der Waals surface area contributed by atoms with Gasteiger partial charge in [0, 0.05) is 5.69 Å². The first kappa shape index (κ1) is 22.2. The van der Waals surface area contributed by atoms with Gasteiger partial charge in [0.2, 0.25) is 17.7 Å². The Morgan fingerprint density at radius 1 is 1.18 bits per heavy atom. The third-order valence-electron chi connectivity index (χ3n) is 3.54. The van der Waals surface area contributed by atoms with Gasteiger partial charge in [0.1, 0.15) is 0 Å². The maximum Gasteiger partial charge on any atom is 0.243 e. The number of nitrogens with one attached hydrogen (secondary N) is 2. The van der Waals surface area contributed by atoms with Gasteiger partial charge in [-0.2, -0.15) is 0 Å². The fourth-order valence-corrected chi connectivity index (χ4v) is 5.07. The van der Waals surface area contributed by atoms with Crippen molar-refractivity contribution in [1.29, 1.82) is 0 Å². The SMILES string of the molecule is Cc1cccc(C)c1NC(=O)CNC(=O)C(C)Sc1nnc(SCC(N)=O)s1. The number of aromatic nitrogens is 2. The molecule has 0 fully saturated rings. The van der Waals surface area contributed by atoms with Crippen molar-refractivity contribution in [1.82, 2.24) is 15.5 Å². The highest BCUT2D eigenvalue weighted by Gasteiger charge is 2.18. The summed E-state index contributed by atoms with van der Waals surface area (Å²) in [6.45, 7) is 5.43. The second-order valence-corrected chi connectivity index (χ2v) is 9.67. The molecule has 0 bridgehead atoms. The molecule has 2 aromatic rings. The zero-order valence-corrected chi connectivity index (χ0v) is 18.1. The highest BCUT2D eigenvalue weighted by Crippen LogP contribution is 2.31. The Labute approximate surface area is 175 Å². The number of primary amides is 1. The van der Waals surface area contributed by atoms with Crippen LogP contribution in [0.2, 0.25) is 0 Å². The molecule has 0 saturated carbocycles. The molecule has 0 saturated heterocycles. The minimum atomic E-state index is -0.449. The average Bonchev–Trinajstić information content (AvgIpc) is 3.08. The fourth-order valence-electron chi connectivity index (χ4n) is 2.15. The molecule has 1 aromatic heterocycles. The van der Waals surface area contributed by atoms with Crippen LogP contribution < -0.4 is 16.4 Å². The average molecular weight is 440 g/mol. The van der Waals surface area contributed by atoms with Crippen LogP contribution in [0.15, 0.2) is 26.9 Å². The van der Waals surface area contributed by atoms with Crippen molar-refractivity contribution in [2.45, 2.75) is 34.7 Å². The predicted octanol–water partition coefficient (Wildman–Crippen LogP) is 1.97. The summed E-state index contributed by atoms with van der Waals surface area (Å²) in [6.07, 6.45) is 0. The summed E-state index contributed by atoms with van der Waals surface area (Å²) in [4.78, 5) is 35.2. The van der Waals surface area contributed by atoms with E-state index < -0.39 is 11.2 Å². The van der Waals surface area contributed by atoms with E-state index in [1.807, 2.05) is 32.0 Å². The Morgan fingerprint density at radius 2 is 1.82 bits per heavy atom. The molecule has 0 aliphatic rings. The highest BCUT2D eigenvalue weighted by atomic mass is 32.2. The molecule has 0 radical (unpaired) electrons. The van der Waals surface area contributed by atoms with E-state index in [9.17, 15) is 14.4 Å². The number of aryl methyl sites for hydroxylation is 2. The first-order valence-electron chi connectivity index (χ1n) is 8.31. The van der Waals surface area contributed by atoms with Crippen molar-refractivity contribution in [2.75, 3.05) is 17.6 Å². The molecule has 11 heteroatoms. The maximum absolute atomic E-state index is 12.2. The van der Waals surface area contributed by atoms with Crippen LogP contribution in [0.1, 0.15) is 18.1 Å². The predicted molar refractivity (Wildman–Crippen MR) is 113 cm³/mol. The zero-order valence-electron chi connectivity index (χ0n) is 15.6. The third kappa shape index (κ3) is 6.80. The van der Waals surface area contributed by atoms with Crippen LogP contribution in [0.5, 0.6) is 0 Å². The van der Waals surface area contributed by atoms with Gasteiger partial charge in [-0.15, -0.1) is 10.2 Å². The van der Waals surface area contributed by atoms with E-state index in [-0.39, 0.29) is 24.1 Å². The Bertz CT molecular complexity index is 851. The number of benzene rings is 1. The van der Waals surface area contributed by atoms with Crippen LogP contribution in [0.25, 0.3) is 0 Å². The number of amides is 3. The van der Waals surface area contributed by atoms with Crippen molar-refractivity contribution >= 4 is 58.3 Å². The van der Waals surface area contributed by atoms with Gasteiger partial charge in [-0.25, -0.2) is 0 Å². The third-order valence-corrected chi connectivity index (χ3v) is 6.80. The molecule has 0 aliphatic heterocycles. The highest BCUT2D eigenvalue weighted by molar-refractivity contribution is 8.04. The molecule has 4 N–H and O–H groups in total. The van der Waals surface area contributed by atoms with Gasteiger partial charge in [-0.1, -0.05) is 53.1 Å². The van der Waals surface area contributed by atoms with Gasteiger partial charge >= 0.3 is 0 Å². The van der Waals surface area contributed by atoms with Crippen LogP contribution in [-0.2, 0) is 14.4 Å². The molecule has 1 atom stereocenters. The van der Waals surface area contributed by atoms with Crippen LogP contribution in [0.3, 0.4) is 0 Å². The van der Waals surface area contributed by atoms with E-state index in [0.29, 0.717) is 8.68 Å². The quantitative estimate of drug-likeness (QED) is 0.510. The Hall–Kier alpha value is -2.11. The molecule has 1 heterocycles. The number of nitrogens with two attached hydrogens (primary N) is 1. The molecule has 1 unspecified atom stereocenters. The first-order valence-corrected chi connectivity index (χ1v) is 11.0. The van der Waals surface area contributed by atoms with Crippen molar-refractivity contribution in [3.8, 4) is 0 Å². The molecule has 1 aromatic carbocycles. The molecule has 8 nitrogen and oxygen atoms in total. The lowest BCUT2D eigenvalue weighted by Crippen LogP contribution is -2.37. The Morgan fingerprint density at radius 3 is 2.46 bits per heavy atom. The van der Waals surface area contributed by atoms with Crippen molar-refractivity contribution < 1.29 is 14.4 Å². The monoisotopic (exact) mass is 439 g/mol. The molecule has 0 spiro atoms. The molecule has 0 aliphatic carbocycles. The summed E-state index contributed by atoms with van der Waals surface area (Å²) >= 11 is 3.73. The summed E-state index contributed by atoms with van der Waals surface area (Å²) in [5.41, 5.74) is 7.78. The Kier molecular flexibility index (Phi) is 8.27. The lowest BCUT2D eigenvalue weighted by atomic mass is 10.1. The number of carbonyl (C=O) groups excluding carboxylic acids is 3. The van der Waals surface area contributed by atoms with E-state index in [0.717, 1.165) is 16.8 Å². The van der Waals surface area contributed by atoms with E-state index >= 15 is 0 Å². The smallest absolute Gasteiger partial charge is 0.243 e. The van der Waals surface area contributed by atoms with Gasteiger partial charge in [-0.05, 0) is 31.9 Å². The lowest BCUT2D eigenvalue weighted by molar-refractivity contribution is -0.123. The molecular formula is C17H21N5O3S3. The molecular weight excluding hydrogens is 418 g/mol. The molecule has 28 heavy (non-hydrogen) atoms. The van der Waals surface area contributed by atoms with Gasteiger partial charge in [0.15, 0.2) is 8.68 Å². The normalized spacial score (nSPS) is 11.7. The van der Waals surface area contributed by atoms with Crippen molar-refractivity contribution in [3.05, 3.63) is 29.3 Å². The van der Waals surface area contributed by atoms with Crippen molar-refractivity contribution in [3.63, 3.8) is 0 Å². The summed E-state index contributed by atoms with van der Waals surface area (Å²) in [5.74, 6) is -0.862. The summed E-state index contributed by atoms with van der Waals surface area (Å²) in [5, 5.41) is 12.9. The largest absolute Gasteiger partial charge is 0.369 e. The van der Waals surface area contributed by atoms with Crippen molar-refractivity contribution in [2.24, 2.45) is 5.73 Å². The first-order chi connectivity index (χ1) is 13.3. The topological polar surface area (TPSA) is 127 Å². The minimum Gasteiger partial charge on any atom is -0.369 e. The number of thioether (sulfide) groups is 2. The van der Waals surface area contributed by atoms with Gasteiger partial charge in [0.25, 0.3) is 0 Å². The van der Waals surface area contributed by atoms with Gasteiger partial charge < -0.3 is 16.4 Å². The molecule has 2 rings (SSSR count). The number of hydrogen-bond donors (Lipinski definition) is 3. The van der Waals surface area contributed by atoms with E-state index in [2.05, 4.69) is 20.8 Å². The van der Waals surface area contributed by atoms with Gasteiger partial charge in [-0.3, -0.25) is 14.4 Å². The van der Waals surface area contributed by atoms with Crippen LogP contribution >= 0.6 is 34.9 Å². The summed E-state index contributed by atoms with van der Waals surface area (Å²) in [7, 11) is 0. The number of rotatable bonds is 9. The number of para-hydroxylation sites is 1. The van der Waals surface area contributed by atoms with E-state index in [1.165, 1.54) is 34.9 Å². The lowest BCUT2D eigenvalue weighted by Gasteiger charge is -2.13. The minimum absolute atomic E-state index is 0.118. The fraction of sp³-hybridized carbons (Fsp3) is 0.353. The second kappa shape index (κ2) is 10.4. The number of hydrogen-bond acceptors (Lipinski definition) is 8. The van der Waals surface area contributed by atoms with Crippen LogP contribution in [0.4, 0.5) is 5.69 Å². The Balaban J connectivity index is 1.80. The molecule has 3 amide bonds. The van der Waals surface area contributed by atoms with Gasteiger partial charge in [0.05, 0.1) is 17.5 Å². The van der Waals surface area contributed by atoms with E-state index in [1.54, 1.807) is 6.92 Å². The summed E-state index contributed by atoms with van der Waals surface area (Å²) < 4.78 is 1.22. The van der Waals surface area contributed by atoms with Crippen LogP contribution in [-0.4, -0.2) is 45.5 Å². The number of nitrogens with zero attached hydrogens (tertiary/aromatic N) is 2. The summed E-state index contributed by atoms with van der Waals surface area (Å²) in [6, 6.07) is 5.75. The van der Waals surface area contributed by atoms with E-state index in [4.69, 9.17) is 5.73 Å². The maximum atomic E-state index is 12.2.